The van der Waals surface area contributed by atoms with E-state index in [0.29, 0.717) is 40.6 Å². The van der Waals surface area contributed by atoms with Gasteiger partial charge in [0.05, 0.1) is 16.6 Å². The summed E-state index contributed by atoms with van der Waals surface area (Å²) in [5.74, 6) is 0.900. The minimum Gasteiger partial charge on any atom is -0.488 e. The molecule has 6 nitrogen and oxygen atoms in total. The van der Waals surface area contributed by atoms with Crippen LogP contribution in [-0.2, 0) is 24.4 Å². The molecule has 1 aliphatic carbocycles. The number of rotatable bonds is 12. The van der Waals surface area contributed by atoms with Gasteiger partial charge in [-0.3, -0.25) is 9.78 Å². The third kappa shape index (κ3) is 7.05. The zero-order valence-corrected chi connectivity index (χ0v) is 25.0. The largest absolute Gasteiger partial charge is 0.488 e. The van der Waals surface area contributed by atoms with Gasteiger partial charge < -0.3 is 14.8 Å². The lowest BCUT2D eigenvalue weighted by Gasteiger charge is -2.20. The lowest BCUT2D eigenvalue weighted by Crippen LogP contribution is -2.33. The van der Waals surface area contributed by atoms with Crippen molar-refractivity contribution < 1.29 is 18.7 Å². The van der Waals surface area contributed by atoms with E-state index in [-0.39, 0.29) is 30.4 Å². The standard InChI is InChI=1S/C35H33ClFN3O3/c1-3-7-32(41)22(2)40-20-25-15-30(36)35(16-34(25)42-21-24-14-23(17-38)18-39-19-24)43-33-13-12-27-26(9-6-10-29(27)33)28-8-4-5-11-31(28)37/h4-6,8-11,14-16,18-19,22,33,40H,3,7,12-13,20-21H2,1-2H3/t22-,33-/m0/s1. The highest BCUT2D eigenvalue weighted by molar-refractivity contribution is 6.32. The predicted molar refractivity (Wildman–Crippen MR) is 164 cm³/mol. The summed E-state index contributed by atoms with van der Waals surface area (Å²) in [5.41, 5.74) is 5.49. The third-order valence-corrected chi connectivity index (χ3v) is 7.96. The quantitative estimate of drug-likeness (QED) is 0.179. The van der Waals surface area contributed by atoms with E-state index in [9.17, 15) is 14.4 Å². The van der Waals surface area contributed by atoms with E-state index >= 15 is 0 Å². The molecule has 0 spiro atoms. The van der Waals surface area contributed by atoms with Crippen molar-refractivity contribution in [2.75, 3.05) is 0 Å². The van der Waals surface area contributed by atoms with Crippen LogP contribution in [0.1, 0.15) is 67.0 Å². The van der Waals surface area contributed by atoms with Gasteiger partial charge in [0.25, 0.3) is 0 Å². The maximum atomic E-state index is 14.6. The van der Waals surface area contributed by atoms with Crippen LogP contribution in [0.25, 0.3) is 11.1 Å². The number of benzene rings is 3. The number of ether oxygens (including phenoxy) is 2. The molecule has 1 aromatic heterocycles. The second kappa shape index (κ2) is 13.8. The van der Waals surface area contributed by atoms with Crippen molar-refractivity contribution in [3.8, 4) is 28.7 Å². The maximum absolute atomic E-state index is 14.6. The summed E-state index contributed by atoms with van der Waals surface area (Å²) in [7, 11) is 0. The van der Waals surface area contributed by atoms with Crippen LogP contribution in [0.15, 0.2) is 73.1 Å². The molecule has 8 heteroatoms. The molecule has 0 radical (unpaired) electrons. The number of Topliss-reactive ketones (excluding diaryl/α,β-unsaturated/α-hetero) is 1. The molecular formula is C35H33ClFN3O3. The molecule has 0 amide bonds. The van der Waals surface area contributed by atoms with Gasteiger partial charge in [-0.25, -0.2) is 4.39 Å². The fourth-order valence-corrected chi connectivity index (χ4v) is 5.62. The van der Waals surface area contributed by atoms with Crippen molar-refractivity contribution in [1.29, 1.82) is 5.26 Å². The van der Waals surface area contributed by atoms with E-state index in [1.54, 1.807) is 36.5 Å². The van der Waals surface area contributed by atoms with E-state index in [1.807, 2.05) is 38.1 Å². The van der Waals surface area contributed by atoms with E-state index in [1.165, 1.54) is 12.3 Å². The van der Waals surface area contributed by atoms with Gasteiger partial charge in [-0.2, -0.15) is 5.26 Å². The van der Waals surface area contributed by atoms with Gasteiger partial charge in [-0.1, -0.05) is 54.9 Å². The number of fused-ring (bicyclic) bond motifs is 1. The van der Waals surface area contributed by atoms with E-state index in [2.05, 4.69) is 16.4 Å². The third-order valence-electron chi connectivity index (χ3n) is 7.66. The molecule has 220 valence electrons. The Kier molecular flexibility index (Phi) is 9.71. The van der Waals surface area contributed by atoms with Crippen molar-refractivity contribution in [3.05, 3.63) is 112 Å². The van der Waals surface area contributed by atoms with Crippen LogP contribution in [0.5, 0.6) is 11.5 Å². The monoisotopic (exact) mass is 597 g/mol. The van der Waals surface area contributed by atoms with Crippen molar-refractivity contribution in [1.82, 2.24) is 10.3 Å². The van der Waals surface area contributed by atoms with Gasteiger partial charge in [0, 0.05) is 48.1 Å². The summed E-state index contributed by atoms with van der Waals surface area (Å²) in [6.07, 6.45) is 5.66. The Morgan fingerprint density at radius 3 is 2.74 bits per heavy atom. The van der Waals surface area contributed by atoms with E-state index in [0.717, 1.165) is 47.1 Å². The Labute approximate surface area is 256 Å². The first-order chi connectivity index (χ1) is 20.9. The topological polar surface area (TPSA) is 84.2 Å². The number of halogens is 2. The minimum absolute atomic E-state index is 0.144. The first-order valence-corrected chi connectivity index (χ1v) is 14.8. The van der Waals surface area contributed by atoms with Crippen LogP contribution in [0.2, 0.25) is 5.02 Å². The van der Waals surface area contributed by atoms with Crippen LogP contribution in [0.3, 0.4) is 0 Å². The Bertz CT molecular complexity index is 1670. The number of carbonyl (C=O) groups is 1. The highest BCUT2D eigenvalue weighted by Gasteiger charge is 2.28. The number of pyridine rings is 1. The SMILES string of the molecule is CCCC(=O)[C@H](C)NCc1cc(Cl)c(O[C@H]2CCc3c(-c4ccccc4F)cccc32)cc1OCc1cncc(C#N)c1. The predicted octanol–water partition coefficient (Wildman–Crippen LogP) is 7.91. The lowest BCUT2D eigenvalue weighted by molar-refractivity contribution is -0.120. The number of carbonyl (C=O) groups excluding carboxylic acids is 1. The molecule has 0 aliphatic heterocycles. The number of hydrogen-bond donors (Lipinski definition) is 1. The first kappa shape index (κ1) is 30.2. The summed E-state index contributed by atoms with van der Waals surface area (Å²) < 4.78 is 27.4. The summed E-state index contributed by atoms with van der Waals surface area (Å²) in [5, 5.41) is 13.0. The summed E-state index contributed by atoms with van der Waals surface area (Å²) in [4.78, 5) is 16.5. The average Bonchev–Trinajstić information content (AvgIpc) is 3.43. The van der Waals surface area contributed by atoms with E-state index < -0.39 is 0 Å². The van der Waals surface area contributed by atoms with E-state index in [4.69, 9.17) is 21.1 Å². The molecule has 1 heterocycles. The Balaban J connectivity index is 1.41. The molecule has 0 saturated carbocycles. The number of ketones is 1. The van der Waals surface area contributed by atoms with Crippen molar-refractivity contribution in [3.63, 3.8) is 0 Å². The molecule has 1 N–H and O–H groups in total. The summed E-state index contributed by atoms with van der Waals surface area (Å²) in [6.45, 7) is 4.37. The number of nitrogens with one attached hydrogen (secondary N) is 1. The number of nitrogens with zero attached hydrogens (tertiary/aromatic N) is 2. The molecule has 5 rings (SSSR count). The maximum Gasteiger partial charge on any atom is 0.149 e. The highest BCUT2D eigenvalue weighted by Crippen LogP contribution is 2.43. The molecule has 43 heavy (non-hydrogen) atoms. The van der Waals surface area contributed by atoms with Gasteiger partial charge >= 0.3 is 0 Å². The molecule has 4 aromatic rings. The van der Waals surface area contributed by atoms with Gasteiger partial charge in [0.15, 0.2) is 0 Å². The van der Waals surface area contributed by atoms with Crippen molar-refractivity contribution >= 4 is 17.4 Å². The second-order valence-electron chi connectivity index (χ2n) is 10.7. The second-order valence-corrected chi connectivity index (χ2v) is 11.1. The van der Waals surface area contributed by atoms with Gasteiger partial charge in [-0.15, -0.1) is 0 Å². The van der Waals surface area contributed by atoms with Crippen LogP contribution in [0, 0.1) is 17.1 Å². The molecule has 0 saturated heterocycles. The Hall–Kier alpha value is -4.25. The zero-order chi connectivity index (χ0) is 30.3. The van der Waals surface area contributed by atoms with Gasteiger partial charge in [0.2, 0.25) is 0 Å². The normalized spacial score (nSPS) is 14.5. The molecular weight excluding hydrogens is 565 g/mol. The summed E-state index contributed by atoms with van der Waals surface area (Å²) in [6, 6.07) is 19.8. The van der Waals surface area contributed by atoms with Crippen molar-refractivity contribution in [2.45, 2.75) is 64.8 Å². The minimum atomic E-state index is -0.322. The smallest absolute Gasteiger partial charge is 0.149 e. The molecule has 0 unspecified atom stereocenters. The number of hydrogen-bond acceptors (Lipinski definition) is 6. The average molecular weight is 598 g/mol. The van der Waals surface area contributed by atoms with Crippen LogP contribution in [-0.4, -0.2) is 16.8 Å². The fourth-order valence-electron chi connectivity index (χ4n) is 5.39. The summed E-state index contributed by atoms with van der Waals surface area (Å²) >= 11 is 6.77. The van der Waals surface area contributed by atoms with Crippen LogP contribution < -0.4 is 14.8 Å². The van der Waals surface area contributed by atoms with Crippen LogP contribution in [0.4, 0.5) is 4.39 Å². The Morgan fingerprint density at radius 1 is 1.14 bits per heavy atom. The number of nitriles is 1. The zero-order valence-electron chi connectivity index (χ0n) is 24.2. The van der Waals surface area contributed by atoms with Gasteiger partial charge in [0.1, 0.15) is 41.9 Å². The fraction of sp³-hybridized carbons (Fsp3) is 0.286. The highest BCUT2D eigenvalue weighted by atomic mass is 35.5. The lowest BCUT2D eigenvalue weighted by atomic mass is 9.96. The van der Waals surface area contributed by atoms with Crippen molar-refractivity contribution in [2.24, 2.45) is 0 Å². The molecule has 3 aromatic carbocycles. The Morgan fingerprint density at radius 2 is 1.95 bits per heavy atom. The van der Waals surface area contributed by atoms with Crippen LogP contribution >= 0.6 is 11.6 Å². The molecule has 2 atom stereocenters. The van der Waals surface area contributed by atoms with Gasteiger partial charge in [-0.05, 0) is 61.1 Å². The molecule has 1 aliphatic rings. The molecule has 0 bridgehead atoms. The number of aromatic nitrogens is 1. The molecule has 0 fully saturated rings. The first-order valence-electron chi connectivity index (χ1n) is 14.5.